The summed E-state index contributed by atoms with van der Waals surface area (Å²) in [5.41, 5.74) is 10.6. The highest BCUT2D eigenvalue weighted by Gasteiger charge is 2.16. The topological polar surface area (TPSA) is 43.1 Å². The molecule has 20 heavy (non-hydrogen) atoms. The molecule has 2 aromatic carbocycles. The number of hydrogen-bond donors (Lipinski definition) is 1. The highest BCUT2D eigenvalue weighted by atomic mass is 16.1. The Labute approximate surface area is 120 Å². The molecule has 2 nitrogen and oxygen atoms in total. The van der Waals surface area contributed by atoms with Gasteiger partial charge in [0.1, 0.15) is 0 Å². The molecular weight excluding hydrogens is 246 g/mol. The minimum atomic E-state index is -0.434. The third kappa shape index (κ3) is 3.55. The highest BCUT2D eigenvalue weighted by Crippen LogP contribution is 2.15. The van der Waals surface area contributed by atoms with Gasteiger partial charge in [-0.2, -0.15) is 0 Å². The molecule has 0 aliphatic carbocycles. The fraction of sp³-hybridized carbons (Fsp3) is 0.278. The number of hydrogen-bond acceptors (Lipinski definition) is 2. The third-order valence-corrected chi connectivity index (χ3v) is 3.71. The molecule has 1 atom stereocenters. The minimum absolute atomic E-state index is 0.103. The number of ketones is 1. The van der Waals surface area contributed by atoms with Crippen LogP contribution in [-0.4, -0.2) is 11.8 Å². The molecular formula is C18H21NO. The normalized spacial score (nSPS) is 12.2. The van der Waals surface area contributed by atoms with Crippen LogP contribution in [0, 0.1) is 13.8 Å². The second kappa shape index (κ2) is 6.49. The number of nitrogens with two attached hydrogens (primary N) is 1. The van der Waals surface area contributed by atoms with Crippen LogP contribution in [0.5, 0.6) is 0 Å². The van der Waals surface area contributed by atoms with Crippen LogP contribution in [0.25, 0.3) is 0 Å². The van der Waals surface area contributed by atoms with Gasteiger partial charge in [0, 0.05) is 6.42 Å². The average molecular weight is 267 g/mol. The van der Waals surface area contributed by atoms with Gasteiger partial charge in [-0.3, -0.25) is 4.79 Å². The Hall–Kier alpha value is -1.93. The maximum absolute atomic E-state index is 12.3. The van der Waals surface area contributed by atoms with Crippen LogP contribution in [-0.2, 0) is 17.6 Å². The summed E-state index contributed by atoms with van der Waals surface area (Å²) in [4.78, 5) is 12.3. The molecule has 2 heteroatoms. The number of aryl methyl sites for hydroxylation is 2. The summed E-state index contributed by atoms with van der Waals surface area (Å²) in [6.07, 6.45) is 1.02. The van der Waals surface area contributed by atoms with Gasteiger partial charge in [-0.25, -0.2) is 0 Å². The molecule has 0 saturated carbocycles. The van der Waals surface area contributed by atoms with Crippen molar-refractivity contribution in [3.8, 4) is 0 Å². The van der Waals surface area contributed by atoms with Crippen molar-refractivity contribution in [2.45, 2.75) is 32.7 Å². The van der Waals surface area contributed by atoms with E-state index in [0.29, 0.717) is 12.8 Å². The Kier molecular flexibility index (Phi) is 4.70. The van der Waals surface area contributed by atoms with Crippen molar-refractivity contribution in [1.82, 2.24) is 0 Å². The largest absolute Gasteiger partial charge is 0.321 e. The van der Waals surface area contributed by atoms with E-state index in [1.165, 1.54) is 0 Å². The Morgan fingerprint density at radius 1 is 1.00 bits per heavy atom. The molecule has 0 aromatic heterocycles. The van der Waals surface area contributed by atoms with Crippen LogP contribution in [0.1, 0.15) is 22.3 Å². The summed E-state index contributed by atoms with van der Waals surface area (Å²) < 4.78 is 0. The Morgan fingerprint density at radius 2 is 1.60 bits per heavy atom. The molecule has 2 aromatic rings. The van der Waals surface area contributed by atoms with E-state index in [9.17, 15) is 4.79 Å². The molecule has 2 rings (SSSR count). The molecule has 0 saturated heterocycles. The number of carbonyl (C=O) groups is 1. The second-order valence-electron chi connectivity index (χ2n) is 5.31. The first kappa shape index (κ1) is 14.5. The van der Waals surface area contributed by atoms with Crippen molar-refractivity contribution in [3.05, 3.63) is 70.8 Å². The van der Waals surface area contributed by atoms with Gasteiger partial charge in [0.25, 0.3) is 0 Å². The van der Waals surface area contributed by atoms with Crippen LogP contribution < -0.4 is 5.73 Å². The van der Waals surface area contributed by atoms with E-state index < -0.39 is 6.04 Å². The lowest BCUT2D eigenvalue weighted by molar-refractivity contribution is -0.119. The van der Waals surface area contributed by atoms with Crippen LogP contribution in [0.3, 0.4) is 0 Å². The Balaban J connectivity index is 2.05. The van der Waals surface area contributed by atoms with Crippen molar-refractivity contribution < 1.29 is 4.79 Å². The predicted octanol–water partition coefficient (Wildman–Crippen LogP) is 2.99. The van der Waals surface area contributed by atoms with Gasteiger partial charge in [-0.05, 0) is 42.5 Å². The summed E-state index contributed by atoms with van der Waals surface area (Å²) in [5.74, 6) is 0.103. The van der Waals surface area contributed by atoms with Gasteiger partial charge in [0.15, 0.2) is 5.78 Å². The van der Waals surface area contributed by atoms with Gasteiger partial charge < -0.3 is 5.73 Å². The van der Waals surface area contributed by atoms with E-state index in [4.69, 9.17) is 5.73 Å². The second-order valence-corrected chi connectivity index (χ2v) is 5.31. The first-order chi connectivity index (χ1) is 9.58. The fourth-order valence-electron chi connectivity index (χ4n) is 2.42. The molecule has 0 bridgehead atoms. The van der Waals surface area contributed by atoms with E-state index in [1.54, 1.807) is 0 Å². The van der Waals surface area contributed by atoms with Gasteiger partial charge in [0.2, 0.25) is 0 Å². The SMILES string of the molecule is Cc1cccc(C)c1CC(=O)C(N)Cc1ccccc1. The predicted molar refractivity (Wildman–Crippen MR) is 82.7 cm³/mol. The maximum atomic E-state index is 12.3. The minimum Gasteiger partial charge on any atom is -0.321 e. The molecule has 104 valence electrons. The molecule has 0 aliphatic rings. The zero-order valence-corrected chi connectivity index (χ0v) is 12.1. The Bertz CT molecular complexity index is 569. The number of Topliss-reactive ketones (excluding diaryl/α,β-unsaturated/α-hetero) is 1. The number of rotatable bonds is 5. The summed E-state index contributed by atoms with van der Waals surface area (Å²) >= 11 is 0. The molecule has 0 fully saturated rings. The summed E-state index contributed by atoms with van der Waals surface area (Å²) in [5, 5.41) is 0. The summed E-state index contributed by atoms with van der Waals surface area (Å²) in [6.45, 7) is 4.08. The lowest BCUT2D eigenvalue weighted by Gasteiger charge is -2.13. The van der Waals surface area contributed by atoms with Crippen LogP contribution in [0.4, 0.5) is 0 Å². The van der Waals surface area contributed by atoms with E-state index in [0.717, 1.165) is 22.3 Å². The molecule has 0 heterocycles. The smallest absolute Gasteiger partial charge is 0.154 e. The molecule has 0 spiro atoms. The molecule has 2 N–H and O–H groups in total. The third-order valence-electron chi connectivity index (χ3n) is 3.71. The lowest BCUT2D eigenvalue weighted by atomic mass is 9.94. The first-order valence-corrected chi connectivity index (χ1v) is 6.95. The zero-order valence-electron chi connectivity index (χ0n) is 12.1. The number of benzene rings is 2. The fourth-order valence-corrected chi connectivity index (χ4v) is 2.42. The average Bonchev–Trinajstić information content (AvgIpc) is 2.44. The van der Waals surface area contributed by atoms with E-state index in [1.807, 2.05) is 62.4 Å². The number of carbonyl (C=O) groups excluding carboxylic acids is 1. The molecule has 0 aliphatic heterocycles. The molecule has 0 amide bonds. The first-order valence-electron chi connectivity index (χ1n) is 6.95. The van der Waals surface area contributed by atoms with E-state index in [-0.39, 0.29) is 5.78 Å². The van der Waals surface area contributed by atoms with E-state index in [2.05, 4.69) is 0 Å². The standard InChI is InChI=1S/C18H21NO/c1-13-7-6-8-14(2)16(13)12-18(20)17(19)11-15-9-4-3-5-10-15/h3-10,17H,11-12,19H2,1-2H3. The van der Waals surface area contributed by atoms with Crippen LogP contribution in [0.15, 0.2) is 48.5 Å². The van der Waals surface area contributed by atoms with Crippen molar-refractivity contribution in [2.75, 3.05) is 0 Å². The highest BCUT2D eigenvalue weighted by molar-refractivity contribution is 5.86. The lowest BCUT2D eigenvalue weighted by Crippen LogP contribution is -2.34. The van der Waals surface area contributed by atoms with Crippen molar-refractivity contribution in [2.24, 2.45) is 5.73 Å². The van der Waals surface area contributed by atoms with Crippen LogP contribution >= 0.6 is 0 Å². The quantitative estimate of drug-likeness (QED) is 0.905. The summed E-state index contributed by atoms with van der Waals surface area (Å²) in [6, 6.07) is 15.6. The van der Waals surface area contributed by atoms with Gasteiger partial charge in [-0.15, -0.1) is 0 Å². The maximum Gasteiger partial charge on any atom is 0.154 e. The summed E-state index contributed by atoms with van der Waals surface area (Å²) in [7, 11) is 0. The van der Waals surface area contributed by atoms with Gasteiger partial charge in [0.05, 0.1) is 6.04 Å². The zero-order chi connectivity index (χ0) is 14.5. The molecule has 0 radical (unpaired) electrons. The van der Waals surface area contributed by atoms with Gasteiger partial charge in [-0.1, -0.05) is 48.5 Å². The van der Waals surface area contributed by atoms with Crippen molar-refractivity contribution in [1.29, 1.82) is 0 Å². The Morgan fingerprint density at radius 3 is 2.20 bits per heavy atom. The van der Waals surface area contributed by atoms with Crippen LogP contribution in [0.2, 0.25) is 0 Å². The van der Waals surface area contributed by atoms with Crippen molar-refractivity contribution >= 4 is 5.78 Å². The van der Waals surface area contributed by atoms with Gasteiger partial charge >= 0.3 is 0 Å². The monoisotopic (exact) mass is 267 g/mol. The molecule has 1 unspecified atom stereocenters. The van der Waals surface area contributed by atoms with E-state index >= 15 is 0 Å². The van der Waals surface area contributed by atoms with Crippen molar-refractivity contribution in [3.63, 3.8) is 0 Å².